The molecule has 0 amide bonds. The Morgan fingerprint density at radius 3 is 2.38 bits per heavy atom. The highest BCUT2D eigenvalue weighted by atomic mass is 19.1. The van der Waals surface area contributed by atoms with Gasteiger partial charge in [0.2, 0.25) is 0 Å². The number of imidazole rings is 1. The molecule has 6 heteroatoms. The van der Waals surface area contributed by atoms with Gasteiger partial charge in [-0.25, -0.2) is 9.37 Å². The molecule has 0 atom stereocenters. The molecule has 1 aliphatic rings. The Kier molecular flexibility index (Phi) is 6.54. The van der Waals surface area contributed by atoms with E-state index in [2.05, 4.69) is 37.5 Å². The predicted octanol–water partition coefficient (Wildman–Crippen LogP) is 3.32. The number of piperazine rings is 1. The SMILES string of the molecule is Cc1nc2ccccc2n1CCOCCN1CCN(Cc2ccc(F)cc2)CC1. The summed E-state index contributed by atoms with van der Waals surface area (Å²) in [7, 11) is 0. The number of para-hydroxylation sites is 2. The van der Waals surface area contributed by atoms with Crippen molar-refractivity contribution < 1.29 is 9.13 Å². The maximum absolute atomic E-state index is 13.0. The summed E-state index contributed by atoms with van der Waals surface area (Å²) in [5.41, 5.74) is 3.39. The Morgan fingerprint density at radius 2 is 1.59 bits per heavy atom. The zero-order chi connectivity index (χ0) is 20.1. The zero-order valence-corrected chi connectivity index (χ0v) is 17.1. The van der Waals surface area contributed by atoms with Gasteiger partial charge in [-0.3, -0.25) is 9.80 Å². The number of ether oxygens (including phenoxy) is 1. The van der Waals surface area contributed by atoms with Gasteiger partial charge in [0.15, 0.2) is 0 Å². The lowest BCUT2D eigenvalue weighted by atomic mass is 10.2. The normalized spacial score (nSPS) is 15.9. The molecule has 0 unspecified atom stereocenters. The van der Waals surface area contributed by atoms with E-state index >= 15 is 0 Å². The second-order valence-corrected chi connectivity index (χ2v) is 7.66. The number of halogens is 1. The van der Waals surface area contributed by atoms with Crippen molar-refractivity contribution in [3.63, 3.8) is 0 Å². The first-order chi connectivity index (χ1) is 14.2. The molecular formula is C23H29FN4O. The van der Waals surface area contributed by atoms with E-state index in [1.54, 1.807) is 0 Å². The minimum Gasteiger partial charge on any atom is -0.378 e. The zero-order valence-electron chi connectivity index (χ0n) is 17.1. The minimum atomic E-state index is -0.171. The molecule has 0 aliphatic carbocycles. The largest absolute Gasteiger partial charge is 0.378 e. The molecule has 4 rings (SSSR count). The van der Waals surface area contributed by atoms with Crippen molar-refractivity contribution in [3.05, 3.63) is 65.7 Å². The van der Waals surface area contributed by atoms with Crippen molar-refractivity contribution in [1.29, 1.82) is 0 Å². The molecule has 1 aliphatic heterocycles. The number of hydrogen-bond acceptors (Lipinski definition) is 4. The first-order valence-corrected chi connectivity index (χ1v) is 10.4. The van der Waals surface area contributed by atoms with Crippen LogP contribution in [0.1, 0.15) is 11.4 Å². The number of aromatic nitrogens is 2. The average molecular weight is 397 g/mol. The van der Waals surface area contributed by atoms with Crippen LogP contribution < -0.4 is 0 Å². The van der Waals surface area contributed by atoms with Crippen LogP contribution in [0.25, 0.3) is 11.0 Å². The van der Waals surface area contributed by atoms with Gasteiger partial charge in [-0.1, -0.05) is 24.3 Å². The van der Waals surface area contributed by atoms with Crippen molar-refractivity contribution >= 4 is 11.0 Å². The first-order valence-electron chi connectivity index (χ1n) is 10.4. The van der Waals surface area contributed by atoms with Crippen molar-refractivity contribution in [2.75, 3.05) is 45.9 Å². The quantitative estimate of drug-likeness (QED) is 0.547. The fourth-order valence-corrected chi connectivity index (χ4v) is 3.95. The van der Waals surface area contributed by atoms with Crippen LogP contribution in [0.4, 0.5) is 4.39 Å². The second-order valence-electron chi connectivity index (χ2n) is 7.66. The number of hydrogen-bond donors (Lipinski definition) is 0. The van der Waals surface area contributed by atoms with E-state index in [-0.39, 0.29) is 5.82 Å². The van der Waals surface area contributed by atoms with Gasteiger partial charge in [0.25, 0.3) is 0 Å². The van der Waals surface area contributed by atoms with Crippen LogP contribution in [0.3, 0.4) is 0 Å². The Balaban J connectivity index is 1.14. The Labute approximate surface area is 171 Å². The summed E-state index contributed by atoms with van der Waals surface area (Å²) in [5.74, 6) is 0.863. The predicted molar refractivity (Wildman–Crippen MR) is 113 cm³/mol. The van der Waals surface area contributed by atoms with Gasteiger partial charge in [0.1, 0.15) is 11.6 Å². The van der Waals surface area contributed by atoms with Crippen LogP contribution in [-0.4, -0.2) is 65.3 Å². The number of nitrogens with zero attached hydrogens (tertiary/aromatic N) is 4. The highest BCUT2D eigenvalue weighted by Crippen LogP contribution is 2.15. The van der Waals surface area contributed by atoms with Gasteiger partial charge < -0.3 is 9.30 Å². The number of rotatable bonds is 8. The lowest BCUT2D eigenvalue weighted by molar-refractivity contribution is 0.0706. The highest BCUT2D eigenvalue weighted by molar-refractivity contribution is 5.75. The molecule has 1 aromatic heterocycles. The van der Waals surface area contributed by atoms with E-state index in [1.807, 2.05) is 25.1 Å². The van der Waals surface area contributed by atoms with Crippen molar-refractivity contribution in [3.8, 4) is 0 Å². The van der Waals surface area contributed by atoms with Crippen LogP contribution in [0.15, 0.2) is 48.5 Å². The standard InChI is InChI=1S/C23H29FN4O/c1-19-25-22-4-2-3-5-23(22)28(19)15-17-29-16-14-26-10-12-27(13-11-26)18-20-6-8-21(24)9-7-20/h2-9H,10-18H2,1H3. The molecule has 0 saturated carbocycles. The summed E-state index contributed by atoms with van der Waals surface area (Å²) in [6.07, 6.45) is 0. The van der Waals surface area contributed by atoms with Crippen molar-refractivity contribution in [1.82, 2.24) is 19.4 Å². The van der Waals surface area contributed by atoms with Gasteiger partial charge >= 0.3 is 0 Å². The topological polar surface area (TPSA) is 33.5 Å². The first kappa shape index (κ1) is 20.0. The third-order valence-electron chi connectivity index (χ3n) is 5.64. The fraction of sp³-hybridized carbons (Fsp3) is 0.435. The number of benzene rings is 2. The Bertz CT molecular complexity index is 916. The smallest absolute Gasteiger partial charge is 0.123 e. The maximum Gasteiger partial charge on any atom is 0.123 e. The fourth-order valence-electron chi connectivity index (χ4n) is 3.95. The van der Waals surface area contributed by atoms with Crippen LogP contribution in [-0.2, 0) is 17.8 Å². The molecule has 0 spiro atoms. The van der Waals surface area contributed by atoms with Gasteiger partial charge in [-0.2, -0.15) is 0 Å². The third-order valence-corrected chi connectivity index (χ3v) is 5.64. The third kappa shape index (κ3) is 5.21. The van der Waals surface area contributed by atoms with E-state index in [9.17, 15) is 4.39 Å². The summed E-state index contributed by atoms with van der Waals surface area (Å²) >= 11 is 0. The van der Waals surface area contributed by atoms with Crippen LogP contribution >= 0.6 is 0 Å². The van der Waals surface area contributed by atoms with E-state index in [0.717, 1.165) is 63.8 Å². The van der Waals surface area contributed by atoms with E-state index in [4.69, 9.17) is 4.74 Å². The molecule has 0 bridgehead atoms. The highest BCUT2D eigenvalue weighted by Gasteiger charge is 2.16. The minimum absolute atomic E-state index is 0.171. The summed E-state index contributed by atoms with van der Waals surface area (Å²) < 4.78 is 21.2. The molecule has 0 N–H and O–H groups in total. The van der Waals surface area contributed by atoms with Crippen molar-refractivity contribution in [2.45, 2.75) is 20.0 Å². The number of aryl methyl sites for hydroxylation is 1. The Morgan fingerprint density at radius 1 is 0.897 bits per heavy atom. The van der Waals surface area contributed by atoms with Crippen LogP contribution in [0.5, 0.6) is 0 Å². The molecular weight excluding hydrogens is 367 g/mol. The maximum atomic E-state index is 13.0. The molecule has 1 fully saturated rings. The lowest BCUT2D eigenvalue weighted by Crippen LogP contribution is -2.46. The molecule has 5 nitrogen and oxygen atoms in total. The molecule has 29 heavy (non-hydrogen) atoms. The van der Waals surface area contributed by atoms with Gasteiger partial charge in [-0.15, -0.1) is 0 Å². The van der Waals surface area contributed by atoms with Crippen molar-refractivity contribution in [2.24, 2.45) is 0 Å². The molecule has 2 aromatic carbocycles. The van der Waals surface area contributed by atoms with Gasteiger partial charge in [-0.05, 0) is 36.8 Å². The molecule has 154 valence electrons. The lowest BCUT2D eigenvalue weighted by Gasteiger charge is -2.34. The van der Waals surface area contributed by atoms with Crippen LogP contribution in [0, 0.1) is 12.7 Å². The Hall–Kier alpha value is -2.28. The summed E-state index contributed by atoms with van der Waals surface area (Å²) in [6, 6.07) is 15.1. The average Bonchev–Trinajstić information content (AvgIpc) is 3.06. The monoisotopic (exact) mass is 396 g/mol. The van der Waals surface area contributed by atoms with Gasteiger partial charge in [0, 0.05) is 45.8 Å². The molecule has 1 saturated heterocycles. The summed E-state index contributed by atoms with van der Waals surface area (Å²) in [4.78, 5) is 9.49. The second kappa shape index (κ2) is 9.48. The molecule has 2 heterocycles. The summed E-state index contributed by atoms with van der Waals surface area (Å²) in [6.45, 7) is 10.4. The van der Waals surface area contributed by atoms with E-state index in [0.29, 0.717) is 6.61 Å². The van der Waals surface area contributed by atoms with Gasteiger partial charge in [0.05, 0.1) is 24.2 Å². The van der Waals surface area contributed by atoms with Crippen LogP contribution in [0.2, 0.25) is 0 Å². The molecule has 0 radical (unpaired) electrons. The molecule has 3 aromatic rings. The number of fused-ring (bicyclic) bond motifs is 1. The van der Waals surface area contributed by atoms with E-state index in [1.165, 1.54) is 23.2 Å². The van der Waals surface area contributed by atoms with E-state index < -0.39 is 0 Å². The summed E-state index contributed by atoms with van der Waals surface area (Å²) in [5, 5.41) is 0.